The maximum Gasteiger partial charge on any atom is 0.228 e. The molecule has 1 aromatic rings. The average molecular weight is 214 g/mol. The Morgan fingerprint density at radius 1 is 1.19 bits per heavy atom. The van der Waals surface area contributed by atoms with Crippen molar-refractivity contribution in [1.29, 1.82) is 0 Å². The third kappa shape index (κ3) is 1.67. The van der Waals surface area contributed by atoms with E-state index >= 15 is 0 Å². The predicted octanol–water partition coefficient (Wildman–Crippen LogP) is 2.15. The van der Waals surface area contributed by atoms with Crippen molar-refractivity contribution < 1.29 is 14.3 Å². The van der Waals surface area contributed by atoms with Crippen molar-refractivity contribution in [2.45, 2.75) is 0 Å². The zero-order chi connectivity index (χ0) is 11.5. The SMILES string of the molecule is C=CCOC1=CC(=O)c2ccccc2C1=O. The number of rotatable bonds is 3. The zero-order valence-electron chi connectivity index (χ0n) is 8.60. The van der Waals surface area contributed by atoms with Gasteiger partial charge in [-0.3, -0.25) is 9.59 Å². The number of carbonyl (C=O) groups excluding carboxylic acids is 2. The van der Waals surface area contributed by atoms with Crippen molar-refractivity contribution in [2.75, 3.05) is 6.61 Å². The Balaban J connectivity index is 2.39. The molecular weight excluding hydrogens is 204 g/mol. The molecule has 0 saturated carbocycles. The summed E-state index contributed by atoms with van der Waals surface area (Å²) in [6.07, 6.45) is 2.76. The Bertz CT molecular complexity index is 498. The third-order valence-corrected chi connectivity index (χ3v) is 2.28. The second kappa shape index (κ2) is 4.14. The summed E-state index contributed by atoms with van der Waals surface area (Å²) in [5.41, 5.74) is 0.826. The second-order valence-electron chi connectivity index (χ2n) is 3.35. The van der Waals surface area contributed by atoms with E-state index in [1.807, 2.05) is 0 Å². The fourth-order valence-electron chi connectivity index (χ4n) is 1.55. The van der Waals surface area contributed by atoms with Gasteiger partial charge in [0.15, 0.2) is 11.5 Å². The van der Waals surface area contributed by atoms with Gasteiger partial charge in [0.1, 0.15) is 6.61 Å². The molecule has 0 amide bonds. The Morgan fingerprint density at radius 3 is 2.56 bits per heavy atom. The van der Waals surface area contributed by atoms with Crippen molar-refractivity contribution in [3.05, 3.63) is 59.9 Å². The number of Topliss-reactive ketones (excluding diaryl/α,β-unsaturated/α-hetero) is 1. The Hall–Kier alpha value is -2.16. The van der Waals surface area contributed by atoms with Crippen molar-refractivity contribution in [3.63, 3.8) is 0 Å². The van der Waals surface area contributed by atoms with Gasteiger partial charge in [-0.25, -0.2) is 0 Å². The molecule has 0 fully saturated rings. The fraction of sp³-hybridized carbons (Fsp3) is 0.0769. The first-order chi connectivity index (χ1) is 7.74. The lowest BCUT2D eigenvalue weighted by atomic mass is 9.94. The van der Waals surface area contributed by atoms with E-state index in [9.17, 15) is 9.59 Å². The number of allylic oxidation sites excluding steroid dienone is 2. The first kappa shape index (κ1) is 10.4. The molecule has 0 N–H and O–H groups in total. The van der Waals surface area contributed by atoms with Crippen LogP contribution in [0.2, 0.25) is 0 Å². The summed E-state index contributed by atoms with van der Waals surface area (Å²) >= 11 is 0. The highest BCUT2D eigenvalue weighted by Crippen LogP contribution is 2.21. The summed E-state index contributed by atoms with van der Waals surface area (Å²) in [6.45, 7) is 3.70. The minimum Gasteiger partial charge on any atom is -0.485 e. The largest absolute Gasteiger partial charge is 0.485 e. The lowest BCUT2D eigenvalue weighted by molar-refractivity contribution is 0.0900. The average Bonchev–Trinajstić information content (AvgIpc) is 2.32. The molecule has 80 valence electrons. The summed E-state index contributed by atoms with van der Waals surface area (Å²) in [5, 5.41) is 0. The van der Waals surface area contributed by atoms with E-state index in [0.717, 1.165) is 0 Å². The second-order valence-corrected chi connectivity index (χ2v) is 3.35. The van der Waals surface area contributed by atoms with Crippen LogP contribution in [0, 0.1) is 0 Å². The number of fused-ring (bicyclic) bond motifs is 1. The summed E-state index contributed by atoms with van der Waals surface area (Å²) in [5.74, 6) is -0.366. The van der Waals surface area contributed by atoms with Crippen LogP contribution in [0.15, 0.2) is 48.8 Å². The molecule has 2 rings (SSSR count). The molecule has 0 atom stereocenters. The smallest absolute Gasteiger partial charge is 0.228 e. The van der Waals surface area contributed by atoms with E-state index in [1.54, 1.807) is 24.3 Å². The van der Waals surface area contributed by atoms with Gasteiger partial charge in [-0.2, -0.15) is 0 Å². The van der Waals surface area contributed by atoms with Crippen LogP contribution in [0.1, 0.15) is 20.7 Å². The van der Waals surface area contributed by atoms with Crippen LogP contribution < -0.4 is 0 Å². The Kier molecular flexibility index (Phi) is 2.68. The molecule has 0 aromatic heterocycles. The molecule has 1 aromatic carbocycles. The van der Waals surface area contributed by atoms with Gasteiger partial charge in [-0.1, -0.05) is 36.9 Å². The lowest BCUT2D eigenvalue weighted by Crippen LogP contribution is -2.18. The molecule has 3 nitrogen and oxygen atoms in total. The normalized spacial score (nSPS) is 14.1. The Labute approximate surface area is 93.0 Å². The molecule has 0 saturated heterocycles. The first-order valence-corrected chi connectivity index (χ1v) is 4.87. The highest BCUT2D eigenvalue weighted by molar-refractivity contribution is 6.23. The molecule has 0 heterocycles. The number of carbonyl (C=O) groups is 2. The fourth-order valence-corrected chi connectivity index (χ4v) is 1.55. The molecule has 1 aliphatic carbocycles. The van der Waals surface area contributed by atoms with Crippen LogP contribution in [0.25, 0.3) is 0 Å². The van der Waals surface area contributed by atoms with Crippen LogP contribution in [-0.2, 0) is 4.74 Å². The van der Waals surface area contributed by atoms with Gasteiger partial charge in [0.2, 0.25) is 5.78 Å². The monoisotopic (exact) mass is 214 g/mol. The maximum atomic E-state index is 11.9. The number of ether oxygens (including phenoxy) is 1. The topological polar surface area (TPSA) is 43.4 Å². The highest BCUT2D eigenvalue weighted by Gasteiger charge is 2.25. The van der Waals surface area contributed by atoms with Crippen molar-refractivity contribution in [3.8, 4) is 0 Å². The molecule has 0 spiro atoms. The highest BCUT2D eigenvalue weighted by atomic mass is 16.5. The van der Waals surface area contributed by atoms with Gasteiger partial charge in [-0.15, -0.1) is 0 Å². The maximum absolute atomic E-state index is 11.9. The molecule has 0 radical (unpaired) electrons. The van der Waals surface area contributed by atoms with Crippen LogP contribution in [0.4, 0.5) is 0 Å². The van der Waals surface area contributed by atoms with Crippen LogP contribution in [0.5, 0.6) is 0 Å². The van der Waals surface area contributed by atoms with Crippen molar-refractivity contribution >= 4 is 11.6 Å². The van der Waals surface area contributed by atoms with E-state index in [0.29, 0.717) is 11.1 Å². The van der Waals surface area contributed by atoms with Gasteiger partial charge in [-0.05, 0) is 0 Å². The van der Waals surface area contributed by atoms with E-state index in [-0.39, 0.29) is 23.9 Å². The summed E-state index contributed by atoms with van der Waals surface area (Å²) < 4.78 is 5.14. The summed E-state index contributed by atoms with van der Waals surface area (Å²) in [7, 11) is 0. The molecule has 0 aliphatic heterocycles. The van der Waals surface area contributed by atoms with Gasteiger partial charge < -0.3 is 4.74 Å². The van der Waals surface area contributed by atoms with Gasteiger partial charge in [0.05, 0.1) is 0 Å². The van der Waals surface area contributed by atoms with Crippen LogP contribution in [-0.4, -0.2) is 18.2 Å². The minimum atomic E-state index is -0.253. The van der Waals surface area contributed by atoms with Crippen molar-refractivity contribution in [1.82, 2.24) is 0 Å². The summed E-state index contributed by atoms with van der Waals surface area (Å²) in [6, 6.07) is 6.71. The lowest BCUT2D eigenvalue weighted by Gasteiger charge is -2.14. The number of ketones is 2. The quantitative estimate of drug-likeness (QED) is 0.724. The van der Waals surface area contributed by atoms with E-state index in [2.05, 4.69) is 6.58 Å². The van der Waals surface area contributed by atoms with Crippen molar-refractivity contribution in [2.24, 2.45) is 0 Å². The summed E-state index contributed by atoms with van der Waals surface area (Å²) in [4.78, 5) is 23.6. The van der Waals surface area contributed by atoms with E-state index in [4.69, 9.17) is 4.74 Å². The molecule has 16 heavy (non-hydrogen) atoms. The minimum absolute atomic E-state index is 0.0867. The third-order valence-electron chi connectivity index (χ3n) is 2.28. The van der Waals surface area contributed by atoms with Gasteiger partial charge >= 0.3 is 0 Å². The van der Waals surface area contributed by atoms with Crippen LogP contribution >= 0.6 is 0 Å². The molecule has 1 aliphatic rings. The molecule has 0 bridgehead atoms. The van der Waals surface area contributed by atoms with E-state index in [1.165, 1.54) is 12.2 Å². The molecule has 0 unspecified atom stereocenters. The molecular formula is C13H10O3. The number of hydrogen-bond donors (Lipinski definition) is 0. The Morgan fingerprint density at radius 2 is 1.88 bits per heavy atom. The van der Waals surface area contributed by atoms with E-state index < -0.39 is 0 Å². The molecule has 3 heteroatoms. The first-order valence-electron chi connectivity index (χ1n) is 4.87. The van der Waals surface area contributed by atoms with Gasteiger partial charge in [0.25, 0.3) is 0 Å². The standard InChI is InChI=1S/C13H10O3/c1-2-7-16-12-8-11(14)9-5-3-4-6-10(9)13(12)15/h2-6,8H,1,7H2. The predicted molar refractivity (Wildman–Crippen MR) is 59.3 cm³/mol. The number of hydrogen-bond acceptors (Lipinski definition) is 3. The van der Waals surface area contributed by atoms with Crippen LogP contribution in [0.3, 0.4) is 0 Å². The zero-order valence-corrected chi connectivity index (χ0v) is 8.60. The number of benzene rings is 1. The van der Waals surface area contributed by atoms with Gasteiger partial charge in [0, 0.05) is 17.2 Å².